The van der Waals surface area contributed by atoms with Gasteiger partial charge >= 0.3 is 0 Å². The lowest BCUT2D eigenvalue weighted by molar-refractivity contribution is -0.0343. The number of fused-ring (bicyclic) bond motifs is 1. The number of hydrogen-bond acceptors (Lipinski definition) is 5. The molecule has 0 radical (unpaired) electrons. The van der Waals surface area contributed by atoms with Crippen molar-refractivity contribution in [1.29, 1.82) is 0 Å². The highest BCUT2D eigenvalue weighted by Gasteiger charge is 2.55. The Hall–Kier alpha value is -2.40. The van der Waals surface area contributed by atoms with E-state index in [0.717, 1.165) is 55.0 Å². The van der Waals surface area contributed by atoms with Crippen molar-refractivity contribution in [2.75, 3.05) is 24.7 Å². The van der Waals surface area contributed by atoms with Gasteiger partial charge in [0, 0.05) is 54.5 Å². The summed E-state index contributed by atoms with van der Waals surface area (Å²) in [6.07, 6.45) is 9.50. The quantitative estimate of drug-likeness (QED) is 0.722. The van der Waals surface area contributed by atoms with E-state index in [1.165, 1.54) is 0 Å². The minimum atomic E-state index is 0.225. The van der Waals surface area contributed by atoms with Gasteiger partial charge in [0.1, 0.15) is 11.6 Å². The zero-order valence-electron chi connectivity index (χ0n) is 13.4. The Kier molecular flexibility index (Phi) is 3.10. The third kappa shape index (κ3) is 1.97. The molecular weight excluding hydrogens is 302 g/mol. The first-order valence-corrected chi connectivity index (χ1v) is 8.44. The Morgan fingerprint density at radius 3 is 2.88 bits per heavy atom. The molecule has 3 aromatic rings. The molecule has 2 fully saturated rings. The molecule has 5 rings (SSSR count). The third-order valence-corrected chi connectivity index (χ3v) is 5.49. The number of nitrogens with zero attached hydrogens (tertiary/aromatic N) is 3. The van der Waals surface area contributed by atoms with Crippen LogP contribution in [0.4, 0.5) is 5.82 Å². The van der Waals surface area contributed by atoms with Gasteiger partial charge in [-0.25, -0.2) is 4.98 Å². The second-order valence-corrected chi connectivity index (χ2v) is 6.75. The van der Waals surface area contributed by atoms with Crippen LogP contribution in [0.2, 0.25) is 0 Å². The molecule has 0 saturated carbocycles. The summed E-state index contributed by atoms with van der Waals surface area (Å²) in [4.78, 5) is 11.3. The molecule has 0 amide bonds. The van der Waals surface area contributed by atoms with Crippen LogP contribution in [0.3, 0.4) is 0 Å². The van der Waals surface area contributed by atoms with E-state index in [1.807, 2.05) is 36.8 Å². The molecule has 24 heavy (non-hydrogen) atoms. The van der Waals surface area contributed by atoms with Gasteiger partial charge in [0.05, 0.1) is 12.3 Å². The molecule has 3 aromatic heterocycles. The third-order valence-electron chi connectivity index (χ3n) is 5.49. The van der Waals surface area contributed by atoms with Gasteiger partial charge in [0.25, 0.3) is 0 Å². The van der Waals surface area contributed by atoms with Crippen molar-refractivity contribution in [3.05, 3.63) is 54.9 Å². The number of furan rings is 1. The van der Waals surface area contributed by atoms with Crippen LogP contribution in [-0.4, -0.2) is 29.7 Å². The molecule has 5 heterocycles. The summed E-state index contributed by atoms with van der Waals surface area (Å²) in [6, 6.07) is 8.34. The van der Waals surface area contributed by atoms with Crippen LogP contribution in [-0.2, 0) is 4.74 Å². The van der Waals surface area contributed by atoms with Crippen molar-refractivity contribution in [2.24, 2.45) is 5.41 Å². The maximum absolute atomic E-state index is 5.81. The molecule has 1 spiro atoms. The second kappa shape index (κ2) is 5.31. The zero-order chi connectivity index (χ0) is 16.0. The fourth-order valence-corrected chi connectivity index (χ4v) is 4.27. The van der Waals surface area contributed by atoms with E-state index in [9.17, 15) is 0 Å². The van der Waals surface area contributed by atoms with Crippen LogP contribution in [0.25, 0.3) is 10.8 Å². The van der Waals surface area contributed by atoms with Gasteiger partial charge < -0.3 is 14.1 Å². The first-order chi connectivity index (χ1) is 11.9. The standard InChI is InChI=1S/C19H19N3O2/c1-2-16(24-9-1)17-19(5-10-23-11-6-19)13-22(17)18-15-4-7-20-12-14(15)3-8-21-18/h1-4,7-9,12,17H,5-6,10-11,13H2. The Morgan fingerprint density at radius 1 is 1.12 bits per heavy atom. The number of aromatic nitrogens is 2. The minimum Gasteiger partial charge on any atom is -0.467 e. The number of hydrogen-bond donors (Lipinski definition) is 0. The molecule has 0 aromatic carbocycles. The van der Waals surface area contributed by atoms with E-state index in [2.05, 4.69) is 16.0 Å². The van der Waals surface area contributed by atoms with Crippen LogP contribution < -0.4 is 4.90 Å². The number of rotatable bonds is 2. The molecule has 122 valence electrons. The summed E-state index contributed by atoms with van der Waals surface area (Å²) < 4.78 is 11.4. The van der Waals surface area contributed by atoms with E-state index in [1.54, 1.807) is 6.26 Å². The summed E-state index contributed by atoms with van der Waals surface area (Å²) in [5, 5.41) is 2.26. The van der Waals surface area contributed by atoms with E-state index in [4.69, 9.17) is 14.1 Å². The highest BCUT2D eigenvalue weighted by Crippen LogP contribution is 2.56. The topological polar surface area (TPSA) is 51.4 Å². The Bertz CT molecular complexity index is 851. The molecule has 2 aliphatic rings. The Morgan fingerprint density at radius 2 is 2.04 bits per heavy atom. The van der Waals surface area contributed by atoms with E-state index in [-0.39, 0.29) is 11.5 Å². The second-order valence-electron chi connectivity index (χ2n) is 6.75. The molecule has 0 bridgehead atoms. The van der Waals surface area contributed by atoms with Crippen LogP contribution in [0, 0.1) is 5.41 Å². The van der Waals surface area contributed by atoms with E-state index < -0.39 is 0 Å². The van der Waals surface area contributed by atoms with Crippen LogP contribution in [0.1, 0.15) is 24.6 Å². The van der Waals surface area contributed by atoms with E-state index >= 15 is 0 Å². The fourth-order valence-electron chi connectivity index (χ4n) is 4.27. The summed E-state index contributed by atoms with van der Waals surface area (Å²) >= 11 is 0. The fraction of sp³-hybridized carbons (Fsp3) is 0.368. The average molecular weight is 321 g/mol. The SMILES string of the molecule is c1coc(C2N(c3nccc4cnccc34)CC23CCOCC3)c1. The molecule has 1 atom stereocenters. The number of anilines is 1. The van der Waals surface area contributed by atoms with Crippen molar-refractivity contribution in [3.8, 4) is 0 Å². The van der Waals surface area contributed by atoms with Gasteiger partial charge in [-0.3, -0.25) is 4.98 Å². The Balaban J connectivity index is 1.60. The van der Waals surface area contributed by atoms with Crippen molar-refractivity contribution in [1.82, 2.24) is 9.97 Å². The highest BCUT2D eigenvalue weighted by molar-refractivity contribution is 5.92. The molecule has 1 unspecified atom stereocenters. The monoisotopic (exact) mass is 321 g/mol. The Labute approximate surface area is 140 Å². The molecule has 2 saturated heterocycles. The smallest absolute Gasteiger partial charge is 0.137 e. The van der Waals surface area contributed by atoms with Crippen molar-refractivity contribution in [3.63, 3.8) is 0 Å². The minimum absolute atomic E-state index is 0.225. The summed E-state index contributed by atoms with van der Waals surface area (Å²) in [6.45, 7) is 2.66. The normalized spacial score (nSPS) is 22.7. The summed E-state index contributed by atoms with van der Waals surface area (Å²) in [7, 11) is 0. The summed E-state index contributed by atoms with van der Waals surface area (Å²) in [5.41, 5.74) is 0.229. The van der Waals surface area contributed by atoms with Crippen molar-refractivity contribution in [2.45, 2.75) is 18.9 Å². The predicted molar refractivity (Wildman–Crippen MR) is 90.8 cm³/mol. The molecule has 5 nitrogen and oxygen atoms in total. The van der Waals surface area contributed by atoms with Gasteiger partial charge in [0.2, 0.25) is 0 Å². The maximum Gasteiger partial charge on any atom is 0.137 e. The van der Waals surface area contributed by atoms with Crippen LogP contribution in [0.15, 0.2) is 53.5 Å². The lowest BCUT2D eigenvalue weighted by Gasteiger charge is -2.58. The van der Waals surface area contributed by atoms with Gasteiger partial charge in [0.15, 0.2) is 0 Å². The zero-order valence-corrected chi connectivity index (χ0v) is 13.4. The number of ether oxygens (including phenoxy) is 1. The maximum atomic E-state index is 5.81. The van der Waals surface area contributed by atoms with Gasteiger partial charge in [-0.1, -0.05) is 0 Å². The van der Waals surface area contributed by atoms with Crippen molar-refractivity contribution < 1.29 is 9.15 Å². The predicted octanol–water partition coefficient (Wildman–Crippen LogP) is 3.58. The molecule has 2 aliphatic heterocycles. The molecular formula is C19H19N3O2. The average Bonchev–Trinajstić information content (AvgIpc) is 3.14. The van der Waals surface area contributed by atoms with Crippen LogP contribution >= 0.6 is 0 Å². The van der Waals surface area contributed by atoms with Gasteiger partial charge in [-0.05, 0) is 37.1 Å². The summed E-state index contributed by atoms with van der Waals surface area (Å²) in [5.74, 6) is 2.05. The molecule has 0 N–H and O–H groups in total. The lowest BCUT2D eigenvalue weighted by Crippen LogP contribution is -2.61. The molecule has 0 aliphatic carbocycles. The lowest BCUT2D eigenvalue weighted by atomic mass is 9.65. The van der Waals surface area contributed by atoms with Crippen LogP contribution in [0.5, 0.6) is 0 Å². The highest BCUT2D eigenvalue weighted by atomic mass is 16.5. The van der Waals surface area contributed by atoms with Gasteiger partial charge in [-0.15, -0.1) is 0 Å². The van der Waals surface area contributed by atoms with E-state index in [0.29, 0.717) is 0 Å². The van der Waals surface area contributed by atoms with Gasteiger partial charge in [-0.2, -0.15) is 0 Å². The number of pyridine rings is 2. The molecule has 5 heteroatoms. The van der Waals surface area contributed by atoms with Crippen molar-refractivity contribution >= 4 is 16.6 Å². The first kappa shape index (κ1) is 14.0. The first-order valence-electron chi connectivity index (χ1n) is 8.44. The largest absolute Gasteiger partial charge is 0.467 e.